The minimum absolute atomic E-state index is 0.0187. The Morgan fingerprint density at radius 3 is 2.19 bits per heavy atom. The van der Waals surface area contributed by atoms with Gasteiger partial charge in [0.1, 0.15) is 22.7 Å². The van der Waals surface area contributed by atoms with Crippen molar-refractivity contribution in [1.82, 2.24) is 4.98 Å². The van der Waals surface area contributed by atoms with Gasteiger partial charge in [0.15, 0.2) is 0 Å². The van der Waals surface area contributed by atoms with Crippen molar-refractivity contribution in [2.75, 3.05) is 12.8 Å². The van der Waals surface area contributed by atoms with Crippen LogP contribution in [0.15, 0.2) is 16.9 Å². The number of hydrogen-bond donors (Lipinski definition) is 4. The predicted molar refractivity (Wildman–Crippen MR) is 96.2 cm³/mol. The van der Waals surface area contributed by atoms with Crippen molar-refractivity contribution >= 4 is 17.8 Å². The van der Waals surface area contributed by atoms with Crippen LogP contribution in [0.5, 0.6) is 5.75 Å². The molecule has 0 spiro atoms. The molecule has 1 heterocycles. The maximum absolute atomic E-state index is 12.2. The molecule has 0 unspecified atom stereocenters. The van der Waals surface area contributed by atoms with Crippen molar-refractivity contribution in [3.8, 4) is 16.9 Å². The van der Waals surface area contributed by atoms with E-state index >= 15 is 0 Å². The normalized spacial score (nSPS) is 10.8. The van der Waals surface area contributed by atoms with E-state index in [-0.39, 0.29) is 11.5 Å². The third-order valence-corrected chi connectivity index (χ3v) is 4.14. The Morgan fingerprint density at radius 2 is 1.73 bits per heavy atom. The maximum atomic E-state index is 12.2. The highest BCUT2D eigenvalue weighted by Crippen LogP contribution is 2.37. The fraction of sp³-hybridized carbons (Fsp3) is 0.278. The average molecular weight is 360 g/mol. The first-order valence-electron chi connectivity index (χ1n) is 7.81. The Labute approximate surface area is 149 Å². The standard InChI is InChI=1S/C18H20N2O6/c1-7(2)9-6-10(8(3)5-11(9)26-4)12-13(17(22)23)15(19)20-16(21)14(12)18(24)25/h5-7H,1-4H3,(H,22,23)(H,24,25)(H3,19,20,21). The average Bonchev–Trinajstić information content (AvgIpc) is 2.52. The van der Waals surface area contributed by atoms with Gasteiger partial charge in [0.25, 0.3) is 5.56 Å². The number of benzene rings is 1. The molecule has 0 radical (unpaired) electrons. The Balaban J connectivity index is 3.05. The molecule has 0 aliphatic rings. The van der Waals surface area contributed by atoms with Crippen LogP contribution in [0.4, 0.5) is 5.82 Å². The summed E-state index contributed by atoms with van der Waals surface area (Å²) in [6, 6.07) is 3.32. The number of ether oxygens (including phenoxy) is 1. The summed E-state index contributed by atoms with van der Waals surface area (Å²) in [6.45, 7) is 5.51. The highest BCUT2D eigenvalue weighted by Gasteiger charge is 2.28. The van der Waals surface area contributed by atoms with E-state index in [0.29, 0.717) is 16.9 Å². The molecule has 26 heavy (non-hydrogen) atoms. The molecule has 0 saturated carbocycles. The molecule has 0 atom stereocenters. The number of pyridine rings is 1. The van der Waals surface area contributed by atoms with Gasteiger partial charge in [0.2, 0.25) is 0 Å². The van der Waals surface area contributed by atoms with E-state index in [0.717, 1.165) is 5.56 Å². The smallest absolute Gasteiger partial charge is 0.342 e. The SMILES string of the molecule is COc1cc(C)c(-c2c(C(=O)O)c(N)[nH]c(=O)c2C(=O)O)cc1C(C)C. The molecule has 0 amide bonds. The lowest BCUT2D eigenvalue weighted by Crippen LogP contribution is -2.24. The zero-order valence-electron chi connectivity index (χ0n) is 14.8. The topological polar surface area (TPSA) is 143 Å². The first-order chi connectivity index (χ1) is 12.1. The van der Waals surface area contributed by atoms with Gasteiger partial charge in [-0.1, -0.05) is 13.8 Å². The second-order valence-corrected chi connectivity index (χ2v) is 6.17. The second kappa shape index (κ2) is 6.91. The lowest BCUT2D eigenvalue weighted by atomic mass is 9.88. The first kappa shape index (κ1) is 19.0. The number of carboxylic acid groups (broad SMARTS) is 2. The first-order valence-corrected chi connectivity index (χ1v) is 7.81. The van der Waals surface area contributed by atoms with Crippen LogP contribution in [-0.4, -0.2) is 34.2 Å². The summed E-state index contributed by atoms with van der Waals surface area (Å²) in [5, 5.41) is 19.1. The molecule has 2 rings (SSSR count). The van der Waals surface area contributed by atoms with E-state index < -0.39 is 34.4 Å². The van der Waals surface area contributed by atoms with E-state index in [1.54, 1.807) is 19.1 Å². The van der Waals surface area contributed by atoms with Gasteiger partial charge in [-0.2, -0.15) is 0 Å². The van der Waals surface area contributed by atoms with E-state index in [1.807, 2.05) is 13.8 Å². The van der Waals surface area contributed by atoms with E-state index in [2.05, 4.69) is 4.98 Å². The molecule has 0 fully saturated rings. The van der Waals surface area contributed by atoms with Crippen LogP contribution in [-0.2, 0) is 0 Å². The number of anilines is 1. The van der Waals surface area contributed by atoms with E-state index in [1.165, 1.54) is 7.11 Å². The monoisotopic (exact) mass is 360 g/mol. The molecule has 5 N–H and O–H groups in total. The van der Waals surface area contributed by atoms with Gasteiger partial charge >= 0.3 is 11.9 Å². The van der Waals surface area contributed by atoms with Gasteiger partial charge in [-0.05, 0) is 41.7 Å². The number of aromatic nitrogens is 1. The van der Waals surface area contributed by atoms with Crippen LogP contribution in [0.1, 0.15) is 51.6 Å². The van der Waals surface area contributed by atoms with Crippen molar-refractivity contribution in [2.45, 2.75) is 26.7 Å². The van der Waals surface area contributed by atoms with E-state index in [9.17, 15) is 24.6 Å². The van der Waals surface area contributed by atoms with Gasteiger partial charge in [0, 0.05) is 5.56 Å². The molecular formula is C18H20N2O6. The molecule has 8 heteroatoms. The summed E-state index contributed by atoms with van der Waals surface area (Å²) in [5.41, 5.74) is 5.00. The molecule has 1 aromatic carbocycles. The molecule has 0 aliphatic carbocycles. The number of nitrogens with one attached hydrogen (secondary N) is 1. The molecule has 0 saturated heterocycles. The maximum Gasteiger partial charge on any atom is 0.342 e. The van der Waals surface area contributed by atoms with Crippen molar-refractivity contribution in [3.63, 3.8) is 0 Å². The summed E-state index contributed by atoms with van der Waals surface area (Å²) in [4.78, 5) is 37.7. The van der Waals surface area contributed by atoms with E-state index in [4.69, 9.17) is 10.5 Å². The molecule has 0 bridgehead atoms. The lowest BCUT2D eigenvalue weighted by molar-refractivity contribution is 0.0695. The number of nitrogens with two attached hydrogens (primary N) is 1. The van der Waals surface area contributed by atoms with Gasteiger partial charge in [0.05, 0.1) is 7.11 Å². The van der Waals surface area contributed by atoms with Crippen molar-refractivity contribution < 1.29 is 24.5 Å². The zero-order chi connectivity index (χ0) is 19.8. The third-order valence-electron chi connectivity index (χ3n) is 4.14. The summed E-state index contributed by atoms with van der Waals surface area (Å²) in [7, 11) is 1.51. The second-order valence-electron chi connectivity index (χ2n) is 6.17. The number of nitrogen functional groups attached to an aromatic ring is 1. The Morgan fingerprint density at radius 1 is 1.15 bits per heavy atom. The van der Waals surface area contributed by atoms with Gasteiger partial charge in [-0.3, -0.25) is 4.79 Å². The fourth-order valence-electron chi connectivity index (χ4n) is 2.91. The largest absolute Gasteiger partial charge is 0.496 e. The lowest BCUT2D eigenvalue weighted by Gasteiger charge is -2.19. The van der Waals surface area contributed by atoms with Crippen LogP contribution < -0.4 is 16.0 Å². The quantitative estimate of drug-likeness (QED) is 0.641. The summed E-state index contributed by atoms with van der Waals surface area (Å²) in [6.07, 6.45) is 0. The molecule has 138 valence electrons. The Kier molecular flexibility index (Phi) is 5.06. The van der Waals surface area contributed by atoms with Gasteiger partial charge in [-0.15, -0.1) is 0 Å². The highest BCUT2D eigenvalue weighted by molar-refractivity contribution is 6.07. The van der Waals surface area contributed by atoms with Crippen molar-refractivity contribution in [1.29, 1.82) is 0 Å². The zero-order valence-corrected chi connectivity index (χ0v) is 14.8. The number of aryl methyl sites for hydroxylation is 1. The van der Waals surface area contributed by atoms with Crippen LogP contribution in [0.25, 0.3) is 11.1 Å². The molecule has 2 aromatic rings. The Bertz CT molecular complexity index is 959. The number of aromatic amines is 1. The minimum atomic E-state index is -1.54. The summed E-state index contributed by atoms with van der Waals surface area (Å²) >= 11 is 0. The number of methoxy groups -OCH3 is 1. The number of aromatic carboxylic acids is 2. The molecule has 1 aromatic heterocycles. The van der Waals surface area contributed by atoms with Crippen LogP contribution >= 0.6 is 0 Å². The third kappa shape index (κ3) is 3.13. The molecule has 8 nitrogen and oxygen atoms in total. The van der Waals surface area contributed by atoms with Crippen molar-refractivity contribution in [2.24, 2.45) is 0 Å². The summed E-state index contributed by atoms with van der Waals surface area (Å²) in [5.74, 6) is -2.76. The highest BCUT2D eigenvalue weighted by atomic mass is 16.5. The number of H-pyrrole nitrogens is 1. The summed E-state index contributed by atoms with van der Waals surface area (Å²) < 4.78 is 5.36. The fourth-order valence-corrected chi connectivity index (χ4v) is 2.91. The number of hydrogen-bond acceptors (Lipinski definition) is 5. The minimum Gasteiger partial charge on any atom is -0.496 e. The van der Waals surface area contributed by atoms with Gasteiger partial charge in [-0.25, -0.2) is 9.59 Å². The molecular weight excluding hydrogens is 340 g/mol. The van der Waals surface area contributed by atoms with Gasteiger partial charge < -0.3 is 25.7 Å². The van der Waals surface area contributed by atoms with Crippen LogP contribution in [0.3, 0.4) is 0 Å². The van der Waals surface area contributed by atoms with Crippen LogP contribution in [0, 0.1) is 6.92 Å². The molecule has 0 aliphatic heterocycles. The number of carboxylic acids is 2. The van der Waals surface area contributed by atoms with Crippen LogP contribution in [0.2, 0.25) is 0 Å². The number of rotatable bonds is 5. The van der Waals surface area contributed by atoms with Crippen molar-refractivity contribution in [3.05, 3.63) is 44.7 Å². The predicted octanol–water partition coefficient (Wildman–Crippen LogP) is 2.46. The number of carbonyl (C=O) groups is 2. The Hall–Kier alpha value is -3.29.